The van der Waals surface area contributed by atoms with E-state index in [4.69, 9.17) is 5.11 Å². The average molecular weight is 402 g/mol. The molecule has 21 heavy (non-hydrogen) atoms. The maximum Gasteiger partial charge on any atom is 0.405 e. The molecule has 1 saturated heterocycles. The quantitative estimate of drug-likeness (QED) is 0.761. The molecule has 2 N–H and O–H groups in total. The van der Waals surface area contributed by atoms with Crippen LogP contribution in [0.5, 0.6) is 0 Å². The van der Waals surface area contributed by atoms with Crippen LogP contribution in [0.4, 0.5) is 4.79 Å². The van der Waals surface area contributed by atoms with Crippen molar-refractivity contribution in [2.75, 3.05) is 13.1 Å². The van der Waals surface area contributed by atoms with Crippen molar-refractivity contribution in [3.63, 3.8) is 0 Å². The SMILES string of the molecule is O=C(O)N[C@@H](Cc1cccc(I)c1)C(=O)N1CCCCC1. The number of nitrogens with one attached hydrogen (secondary N) is 1. The van der Waals surface area contributed by atoms with Gasteiger partial charge in [-0.1, -0.05) is 12.1 Å². The number of carbonyl (C=O) groups excluding carboxylic acids is 1. The minimum Gasteiger partial charge on any atom is -0.465 e. The zero-order valence-electron chi connectivity index (χ0n) is 11.7. The Morgan fingerprint density at radius 2 is 2.00 bits per heavy atom. The molecular weight excluding hydrogens is 383 g/mol. The van der Waals surface area contributed by atoms with Crippen LogP contribution in [0.15, 0.2) is 24.3 Å². The summed E-state index contributed by atoms with van der Waals surface area (Å²) in [6, 6.07) is 7.07. The summed E-state index contributed by atoms with van der Waals surface area (Å²) in [4.78, 5) is 25.3. The van der Waals surface area contributed by atoms with Crippen LogP contribution >= 0.6 is 22.6 Å². The third-order valence-electron chi connectivity index (χ3n) is 3.59. The number of rotatable bonds is 4. The molecule has 1 aliphatic rings. The lowest BCUT2D eigenvalue weighted by molar-refractivity contribution is -0.134. The zero-order chi connectivity index (χ0) is 15.2. The lowest BCUT2D eigenvalue weighted by Crippen LogP contribution is -2.50. The van der Waals surface area contributed by atoms with E-state index < -0.39 is 12.1 Å². The molecule has 0 aromatic heterocycles. The van der Waals surface area contributed by atoms with Crippen molar-refractivity contribution in [3.8, 4) is 0 Å². The van der Waals surface area contributed by atoms with Gasteiger partial charge in [0, 0.05) is 23.1 Å². The first-order chi connectivity index (χ1) is 10.1. The van der Waals surface area contributed by atoms with Crippen molar-refractivity contribution in [1.29, 1.82) is 0 Å². The largest absolute Gasteiger partial charge is 0.465 e. The van der Waals surface area contributed by atoms with Gasteiger partial charge in [-0.3, -0.25) is 4.79 Å². The first kappa shape index (κ1) is 16.1. The van der Waals surface area contributed by atoms with Crippen molar-refractivity contribution < 1.29 is 14.7 Å². The molecule has 1 heterocycles. The molecule has 1 aromatic carbocycles. The third-order valence-corrected chi connectivity index (χ3v) is 4.26. The molecule has 5 nitrogen and oxygen atoms in total. The summed E-state index contributed by atoms with van der Waals surface area (Å²) in [5.41, 5.74) is 0.964. The molecule has 0 bridgehead atoms. The zero-order valence-corrected chi connectivity index (χ0v) is 13.9. The van der Waals surface area contributed by atoms with Gasteiger partial charge in [0.2, 0.25) is 5.91 Å². The minimum atomic E-state index is -1.16. The van der Waals surface area contributed by atoms with Crippen molar-refractivity contribution in [1.82, 2.24) is 10.2 Å². The predicted octanol–water partition coefficient (Wildman–Crippen LogP) is 2.48. The number of benzene rings is 1. The Kier molecular flexibility index (Phi) is 5.84. The van der Waals surface area contributed by atoms with E-state index in [1.54, 1.807) is 4.90 Å². The number of carbonyl (C=O) groups is 2. The van der Waals surface area contributed by atoms with Crippen molar-refractivity contribution in [2.24, 2.45) is 0 Å². The highest BCUT2D eigenvalue weighted by Gasteiger charge is 2.27. The number of likely N-dealkylation sites (tertiary alicyclic amines) is 1. The van der Waals surface area contributed by atoms with Crippen LogP contribution in [0.25, 0.3) is 0 Å². The molecular formula is C15H19IN2O3. The topological polar surface area (TPSA) is 69.6 Å². The fourth-order valence-electron chi connectivity index (χ4n) is 2.58. The fourth-order valence-corrected chi connectivity index (χ4v) is 3.19. The average Bonchev–Trinajstić information content (AvgIpc) is 2.46. The van der Waals surface area contributed by atoms with Crippen LogP contribution in [0.1, 0.15) is 24.8 Å². The van der Waals surface area contributed by atoms with Gasteiger partial charge in [0.1, 0.15) is 6.04 Å². The summed E-state index contributed by atoms with van der Waals surface area (Å²) in [5, 5.41) is 11.3. The van der Waals surface area contributed by atoms with E-state index in [1.807, 2.05) is 24.3 Å². The Hall–Kier alpha value is -1.31. The normalized spacial score (nSPS) is 16.3. The summed E-state index contributed by atoms with van der Waals surface area (Å²) < 4.78 is 1.07. The fraction of sp³-hybridized carbons (Fsp3) is 0.467. The lowest BCUT2D eigenvalue weighted by Gasteiger charge is -2.30. The second kappa shape index (κ2) is 7.63. The number of amides is 2. The highest BCUT2D eigenvalue weighted by Crippen LogP contribution is 2.14. The number of halogens is 1. The maximum absolute atomic E-state index is 12.5. The lowest BCUT2D eigenvalue weighted by atomic mass is 10.0. The van der Waals surface area contributed by atoms with Crippen molar-refractivity contribution in [3.05, 3.63) is 33.4 Å². The molecule has 0 saturated carbocycles. The number of carboxylic acid groups (broad SMARTS) is 1. The van der Waals surface area contributed by atoms with E-state index in [-0.39, 0.29) is 5.91 Å². The van der Waals surface area contributed by atoms with Gasteiger partial charge in [0.15, 0.2) is 0 Å². The number of nitrogens with zero attached hydrogens (tertiary/aromatic N) is 1. The predicted molar refractivity (Wildman–Crippen MR) is 88.2 cm³/mol. The van der Waals surface area contributed by atoms with Crippen molar-refractivity contribution in [2.45, 2.75) is 31.7 Å². The van der Waals surface area contributed by atoms with Crippen LogP contribution in [0.3, 0.4) is 0 Å². The highest BCUT2D eigenvalue weighted by atomic mass is 127. The second-order valence-corrected chi connectivity index (χ2v) is 6.47. The van der Waals surface area contributed by atoms with Gasteiger partial charge < -0.3 is 15.3 Å². The van der Waals surface area contributed by atoms with Crippen LogP contribution in [0.2, 0.25) is 0 Å². The molecule has 114 valence electrons. The molecule has 2 amide bonds. The summed E-state index contributed by atoms with van der Waals surface area (Å²) >= 11 is 2.21. The van der Waals surface area contributed by atoms with Crippen LogP contribution in [-0.2, 0) is 11.2 Å². The van der Waals surface area contributed by atoms with Gasteiger partial charge in [-0.25, -0.2) is 4.79 Å². The van der Waals surface area contributed by atoms with Gasteiger partial charge in [-0.15, -0.1) is 0 Å². The van der Waals surface area contributed by atoms with Crippen LogP contribution in [0, 0.1) is 3.57 Å². The molecule has 1 aromatic rings. The molecule has 0 spiro atoms. The van der Waals surface area contributed by atoms with Gasteiger partial charge in [-0.05, 0) is 59.5 Å². The Morgan fingerprint density at radius 1 is 1.29 bits per heavy atom. The van der Waals surface area contributed by atoms with Crippen LogP contribution in [-0.4, -0.2) is 41.1 Å². The first-order valence-electron chi connectivity index (χ1n) is 7.09. The summed E-state index contributed by atoms with van der Waals surface area (Å²) in [5.74, 6) is -0.115. The second-order valence-electron chi connectivity index (χ2n) is 5.22. The number of piperidine rings is 1. The van der Waals surface area contributed by atoms with Gasteiger partial charge in [0.25, 0.3) is 0 Å². The number of hydrogen-bond donors (Lipinski definition) is 2. The van der Waals surface area contributed by atoms with Gasteiger partial charge in [0.05, 0.1) is 0 Å². The molecule has 0 unspecified atom stereocenters. The van der Waals surface area contributed by atoms with E-state index in [9.17, 15) is 9.59 Å². The summed E-state index contributed by atoms with van der Waals surface area (Å²) in [7, 11) is 0. The minimum absolute atomic E-state index is 0.115. The molecule has 1 fully saturated rings. The first-order valence-corrected chi connectivity index (χ1v) is 8.17. The molecule has 1 atom stereocenters. The maximum atomic E-state index is 12.5. The Labute approximate surface area is 137 Å². The summed E-state index contributed by atoms with van der Waals surface area (Å²) in [6.07, 6.45) is 2.36. The molecule has 0 radical (unpaired) electrons. The van der Waals surface area contributed by atoms with E-state index in [1.165, 1.54) is 0 Å². The Bertz CT molecular complexity index is 515. The molecule has 1 aliphatic heterocycles. The molecule has 6 heteroatoms. The third kappa shape index (κ3) is 4.87. The molecule has 0 aliphatic carbocycles. The van der Waals surface area contributed by atoms with Gasteiger partial charge in [-0.2, -0.15) is 0 Å². The standard InChI is InChI=1S/C15H19IN2O3/c16-12-6-4-5-11(9-12)10-13(17-15(20)21)14(19)18-7-2-1-3-8-18/h4-6,9,13,17H,1-3,7-8,10H2,(H,20,21)/t13-/m0/s1. The summed E-state index contributed by atoms with van der Waals surface area (Å²) in [6.45, 7) is 1.45. The van der Waals surface area contributed by atoms with Crippen LogP contribution < -0.4 is 5.32 Å². The van der Waals surface area contributed by atoms with E-state index >= 15 is 0 Å². The smallest absolute Gasteiger partial charge is 0.405 e. The highest BCUT2D eigenvalue weighted by molar-refractivity contribution is 14.1. The van der Waals surface area contributed by atoms with Crippen molar-refractivity contribution >= 4 is 34.6 Å². The van der Waals surface area contributed by atoms with Gasteiger partial charge >= 0.3 is 6.09 Å². The Balaban J connectivity index is 2.09. The number of hydrogen-bond acceptors (Lipinski definition) is 2. The molecule has 2 rings (SSSR count). The Morgan fingerprint density at radius 3 is 2.62 bits per heavy atom. The van der Waals surface area contributed by atoms with E-state index in [0.29, 0.717) is 6.42 Å². The van der Waals surface area contributed by atoms with E-state index in [2.05, 4.69) is 27.9 Å². The monoisotopic (exact) mass is 402 g/mol. The van der Waals surface area contributed by atoms with E-state index in [0.717, 1.165) is 41.5 Å².